The Balaban J connectivity index is 2.06. The first kappa shape index (κ1) is 27.5. The molecule has 1 unspecified atom stereocenters. The van der Waals surface area contributed by atoms with Crippen LogP contribution in [0.15, 0.2) is 48.5 Å². The van der Waals surface area contributed by atoms with Gasteiger partial charge in [-0.3, -0.25) is 9.59 Å². The van der Waals surface area contributed by atoms with E-state index >= 15 is 0 Å². The fraction of sp³-hybridized carbons (Fsp3) is 0.462. The number of nitrogens with one attached hydrogen (secondary N) is 1. The zero-order valence-corrected chi connectivity index (χ0v) is 22.5. The molecule has 1 heterocycles. The van der Waals surface area contributed by atoms with Gasteiger partial charge in [0.15, 0.2) is 9.84 Å². The first-order valence-corrected chi connectivity index (χ1v) is 14.1. The molecular formula is C26H31Cl2NO5S. The number of carbonyl (C=O) groups is 2. The Kier molecular flexibility index (Phi) is 8.24. The third-order valence-corrected chi connectivity index (χ3v) is 9.56. The first-order valence-electron chi connectivity index (χ1n) is 11.4. The molecule has 35 heavy (non-hydrogen) atoms. The Morgan fingerprint density at radius 1 is 1.14 bits per heavy atom. The van der Waals surface area contributed by atoms with Crippen LogP contribution in [0.5, 0.6) is 0 Å². The van der Waals surface area contributed by atoms with Gasteiger partial charge in [0, 0.05) is 34.2 Å². The lowest BCUT2D eigenvalue weighted by Crippen LogP contribution is -2.55. The summed E-state index contributed by atoms with van der Waals surface area (Å²) in [5.41, 5.74) is 0.692. The van der Waals surface area contributed by atoms with Gasteiger partial charge in [0.1, 0.15) is 0 Å². The number of sulfone groups is 1. The highest BCUT2D eigenvalue weighted by atomic mass is 35.5. The lowest BCUT2D eigenvalue weighted by atomic mass is 9.65. The second kappa shape index (κ2) is 10.5. The van der Waals surface area contributed by atoms with E-state index in [4.69, 9.17) is 23.2 Å². The molecule has 1 aliphatic rings. The van der Waals surface area contributed by atoms with E-state index in [1.54, 1.807) is 30.3 Å². The molecule has 0 aromatic heterocycles. The number of amides is 1. The van der Waals surface area contributed by atoms with Gasteiger partial charge in [0.25, 0.3) is 0 Å². The largest absolute Gasteiger partial charge is 0.481 e. The quantitative estimate of drug-likeness (QED) is 0.460. The minimum atomic E-state index is -3.56. The predicted octanol–water partition coefficient (Wildman–Crippen LogP) is 5.50. The topological polar surface area (TPSA) is 101 Å². The van der Waals surface area contributed by atoms with Gasteiger partial charge < -0.3 is 10.4 Å². The summed E-state index contributed by atoms with van der Waals surface area (Å²) in [5, 5.41) is 12.6. The van der Waals surface area contributed by atoms with Crippen LogP contribution in [-0.4, -0.2) is 37.7 Å². The van der Waals surface area contributed by atoms with E-state index in [0.717, 1.165) is 5.56 Å². The van der Waals surface area contributed by atoms with E-state index in [9.17, 15) is 23.1 Å². The number of rotatable bonds is 8. The van der Waals surface area contributed by atoms with Gasteiger partial charge >= 0.3 is 5.97 Å². The Hall–Kier alpha value is -2.09. The summed E-state index contributed by atoms with van der Waals surface area (Å²) < 4.78 is 26.2. The van der Waals surface area contributed by atoms with Gasteiger partial charge in [-0.05, 0) is 53.1 Å². The first-order chi connectivity index (χ1) is 16.2. The maximum absolute atomic E-state index is 13.1. The summed E-state index contributed by atoms with van der Waals surface area (Å²) in [4.78, 5) is 24.3. The molecular weight excluding hydrogens is 509 g/mol. The summed E-state index contributed by atoms with van der Waals surface area (Å²) in [7, 11) is -3.56. The van der Waals surface area contributed by atoms with Crippen molar-refractivity contribution in [2.75, 3.05) is 6.26 Å². The number of halogens is 2. The Morgan fingerprint density at radius 3 is 2.31 bits per heavy atom. The number of carboxylic acid groups (broad SMARTS) is 1. The molecule has 3 rings (SSSR count). The van der Waals surface area contributed by atoms with Crippen LogP contribution in [0.2, 0.25) is 10.0 Å². The van der Waals surface area contributed by atoms with Crippen LogP contribution in [0.3, 0.4) is 0 Å². The number of carbonyl (C=O) groups excluding carboxylic acids is 1. The van der Waals surface area contributed by atoms with E-state index in [-0.39, 0.29) is 24.2 Å². The van der Waals surface area contributed by atoms with Crippen LogP contribution in [0.1, 0.15) is 55.9 Å². The molecule has 5 atom stereocenters. The SMILES string of the molecule is CC([C@@H]1NC(=O)[C@@H](CC(=O)O)C[C@@H]1c1cccc(Cl)c1)C(C)(C)[C@@H](c1ccc(Cl)cc1)S(C)(=O)=O. The third-order valence-electron chi connectivity index (χ3n) is 7.34. The zero-order valence-electron chi connectivity index (χ0n) is 20.2. The van der Waals surface area contributed by atoms with Crippen molar-refractivity contribution in [2.24, 2.45) is 17.3 Å². The minimum absolute atomic E-state index is 0.240. The van der Waals surface area contributed by atoms with Crippen molar-refractivity contribution in [3.8, 4) is 0 Å². The van der Waals surface area contributed by atoms with Crippen molar-refractivity contribution in [3.05, 3.63) is 69.7 Å². The van der Waals surface area contributed by atoms with Crippen LogP contribution in [0.4, 0.5) is 0 Å². The van der Waals surface area contributed by atoms with E-state index in [0.29, 0.717) is 22.0 Å². The average Bonchev–Trinajstić information content (AvgIpc) is 2.74. The maximum Gasteiger partial charge on any atom is 0.304 e. The van der Waals surface area contributed by atoms with Crippen molar-refractivity contribution < 1.29 is 23.1 Å². The van der Waals surface area contributed by atoms with Gasteiger partial charge in [-0.25, -0.2) is 8.42 Å². The van der Waals surface area contributed by atoms with E-state index in [1.165, 1.54) is 6.26 Å². The molecule has 1 amide bonds. The monoisotopic (exact) mass is 539 g/mol. The molecule has 6 nitrogen and oxygen atoms in total. The number of benzene rings is 2. The Bertz CT molecular complexity index is 1200. The van der Waals surface area contributed by atoms with Gasteiger partial charge in [-0.2, -0.15) is 0 Å². The van der Waals surface area contributed by atoms with Crippen molar-refractivity contribution >= 4 is 44.9 Å². The van der Waals surface area contributed by atoms with Gasteiger partial charge in [0.05, 0.1) is 11.7 Å². The lowest BCUT2D eigenvalue weighted by molar-refractivity contribution is -0.143. The Labute approximate surface area is 216 Å². The van der Waals surface area contributed by atoms with Gasteiger partial charge in [-0.1, -0.05) is 68.2 Å². The molecule has 0 aliphatic carbocycles. The molecule has 0 saturated carbocycles. The van der Waals surface area contributed by atoms with Crippen molar-refractivity contribution in [2.45, 2.75) is 50.8 Å². The fourth-order valence-electron chi connectivity index (χ4n) is 5.45. The summed E-state index contributed by atoms with van der Waals surface area (Å²) in [5.74, 6) is -2.61. The highest BCUT2D eigenvalue weighted by Gasteiger charge is 2.49. The molecule has 2 aromatic carbocycles. The standard InChI is InChI=1S/C26H31Cl2NO5S/c1-15(26(2,3)24(35(4,33)34)16-8-10-19(27)11-9-16)23-21(17-6-5-7-20(28)12-17)13-18(14-22(30)31)25(32)29-23/h5-12,15,18,21,23-24H,13-14H2,1-4H3,(H,29,32)(H,30,31)/t15?,18-,21-,23+,24-/m1/s1. The van der Waals surface area contributed by atoms with Crippen LogP contribution >= 0.6 is 23.2 Å². The molecule has 1 aliphatic heterocycles. The molecule has 190 valence electrons. The highest BCUT2D eigenvalue weighted by molar-refractivity contribution is 7.91. The maximum atomic E-state index is 13.1. The average molecular weight is 541 g/mol. The highest BCUT2D eigenvalue weighted by Crippen LogP contribution is 2.49. The normalized spacial score (nSPS) is 22.8. The van der Waals surface area contributed by atoms with Gasteiger partial charge in [-0.15, -0.1) is 0 Å². The number of hydrogen-bond donors (Lipinski definition) is 2. The van der Waals surface area contributed by atoms with Crippen molar-refractivity contribution in [1.29, 1.82) is 0 Å². The van der Waals surface area contributed by atoms with Crippen LogP contribution in [-0.2, 0) is 19.4 Å². The predicted molar refractivity (Wildman–Crippen MR) is 138 cm³/mol. The smallest absolute Gasteiger partial charge is 0.304 e. The summed E-state index contributed by atoms with van der Waals surface area (Å²) >= 11 is 12.3. The number of hydrogen-bond acceptors (Lipinski definition) is 4. The van der Waals surface area contributed by atoms with E-state index in [1.807, 2.05) is 39.0 Å². The van der Waals surface area contributed by atoms with E-state index < -0.39 is 38.4 Å². The number of carboxylic acids is 1. The Morgan fingerprint density at radius 2 is 1.77 bits per heavy atom. The van der Waals surface area contributed by atoms with Crippen molar-refractivity contribution in [1.82, 2.24) is 5.32 Å². The van der Waals surface area contributed by atoms with Crippen LogP contribution in [0, 0.1) is 17.3 Å². The summed E-state index contributed by atoms with van der Waals surface area (Å²) in [6.07, 6.45) is 1.27. The molecule has 1 saturated heterocycles. The molecule has 0 bridgehead atoms. The third kappa shape index (κ3) is 6.19. The second-order valence-electron chi connectivity index (χ2n) is 10.1. The minimum Gasteiger partial charge on any atom is -0.481 e. The summed E-state index contributed by atoms with van der Waals surface area (Å²) in [6.45, 7) is 5.72. The lowest BCUT2D eigenvalue weighted by Gasteiger charge is -2.47. The molecule has 1 fully saturated rings. The number of piperidine rings is 1. The molecule has 0 spiro atoms. The van der Waals surface area contributed by atoms with Crippen LogP contribution < -0.4 is 5.32 Å². The molecule has 2 aromatic rings. The molecule has 2 N–H and O–H groups in total. The van der Waals surface area contributed by atoms with Gasteiger partial charge in [0.2, 0.25) is 5.91 Å². The van der Waals surface area contributed by atoms with Crippen molar-refractivity contribution in [3.63, 3.8) is 0 Å². The molecule has 0 radical (unpaired) electrons. The van der Waals surface area contributed by atoms with Crippen LogP contribution in [0.25, 0.3) is 0 Å². The summed E-state index contributed by atoms with van der Waals surface area (Å²) in [6, 6.07) is 13.7. The van der Waals surface area contributed by atoms with E-state index in [2.05, 4.69) is 5.32 Å². The fourth-order valence-corrected chi connectivity index (χ4v) is 7.75. The second-order valence-corrected chi connectivity index (χ2v) is 13.1. The number of aliphatic carboxylic acids is 1. The zero-order chi connectivity index (χ0) is 26.1. The molecule has 9 heteroatoms.